The molecule has 0 spiro atoms. The number of benzene rings is 3. The summed E-state index contributed by atoms with van der Waals surface area (Å²) in [5, 5.41) is 8.67. The second-order valence-corrected chi connectivity index (χ2v) is 7.52. The number of anilines is 1. The summed E-state index contributed by atoms with van der Waals surface area (Å²) in [5.41, 5.74) is 4.86. The topological polar surface area (TPSA) is 46.9 Å². The molecule has 1 aromatic heterocycles. The molecule has 1 atom stereocenters. The zero-order chi connectivity index (χ0) is 19.8. The number of halogens is 1. The normalized spacial score (nSPS) is 15.6. The highest BCUT2D eigenvalue weighted by Crippen LogP contribution is 2.43. The van der Waals surface area contributed by atoms with Crippen LogP contribution in [-0.2, 0) is 4.79 Å². The molecule has 1 unspecified atom stereocenters. The maximum absolute atomic E-state index is 12.6. The highest BCUT2D eigenvalue weighted by molar-refractivity contribution is 6.30. The van der Waals surface area contributed by atoms with Crippen LogP contribution in [0, 0.1) is 0 Å². The van der Waals surface area contributed by atoms with Crippen molar-refractivity contribution < 1.29 is 4.79 Å². The van der Waals surface area contributed by atoms with Gasteiger partial charge in [-0.25, -0.2) is 4.68 Å². The number of carbonyl (C=O) groups is 1. The van der Waals surface area contributed by atoms with E-state index in [0.29, 0.717) is 11.4 Å². The monoisotopic (exact) mass is 399 g/mol. The fourth-order valence-electron chi connectivity index (χ4n) is 3.90. The molecular weight excluding hydrogens is 382 g/mol. The Hall–Kier alpha value is -3.37. The third kappa shape index (κ3) is 3.22. The van der Waals surface area contributed by atoms with Crippen LogP contribution in [0.1, 0.15) is 23.5 Å². The lowest BCUT2D eigenvalue weighted by molar-refractivity contribution is -0.116. The minimum atomic E-state index is -0.0666. The fourth-order valence-corrected chi connectivity index (χ4v) is 4.02. The Morgan fingerprint density at radius 3 is 2.24 bits per heavy atom. The molecule has 4 aromatic rings. The maximum Gasteiger partial charge on any atom is 0.226 e. The second kappa shape index (κ2) is 7.22. The Labute approximate surface area is 173 Å². The predicted octanol–water partition coefficient (Wildman–Crippen LogP) is 5.67. The van der Waals surface area contributed by atoms with Crippen molar-refractivity contribution in [3.8, 4) is 16.9 Å². The number of fused-ring (bicyclic) bond motifs is 1. The van der Waals surface area contributed by atoms with Crippen molar-refractivity contribution in [2.24, 2.45) is 0 Å². The van der Waals surface area contributed by atoms with E-state index in [2.05, 4.69) is 17.4 Å². The largest absolute Gasteiger partial charge is 0.310 e. The van der Waals surface area contributed by atoms with Crippen LogP contribution >= 0.6 is 11.6 Å². The van der Waals surface area contributed by atoms with Gasteiger partial charge in [0.1, 0.15) is 5.82 Å². The van der Waals surface area contributed by atoms with Gasteiger partial charge in [0.25, 0.3) is 0 Å². The third-order valence-corrected chi connectivity index (χ3v) is 5.49. The van der Waals surface area contributed by atoms with Crippen LogP contribution in [0.2, 0.25) is 5.02 Å². The summed E-state index contributed by atoms with van der Waals surface area (Å²) in [6.45, 7) is 0. The summed E-state index contributed by atoms with van der Waals surface area (Å²) in [5.74, 6) is 0.653. The molecule has 0 saturated carbocycles. The van der Waals surface area contributed by atoms with Crippen molar-refractivity contribution in [3.63, 3.8) is 0 Å². The smallest absolute Gasteiger partial charge is 0.226 e. The zero-order valence-corrected chi connectivity index (χ0v) is 16.3. The lowest BCUT2D eigenvalue weighted by Crippen LogP contribution is -2.24. The molecule has 3 aromatic carbocycles. The van der Waals surface area contributed by atoms with Gasteiger partial charge >= 0.3 is 0 Å². The first-order valence-electron chi connectivity index (χ1n) is 9.50. The molecule has 0 fully saturated rings. The summed E-state index contributed by atoms with van der Waals surface area (Å²) in [4.78, 5) is 12.6. The van der Waals surface area contributed by atoms with Gasteiger partial charge < -0.3 is 5.32 Å². The number of amides is 1. The summed E-state index contributed by atoms with van der Waals surface area (Å²) in [7, 11) is 0. The Bertz CT molecular complexity index is 1170. The molecule has 0 radical (unpaired) electrons. The van der Waals surface area contributed by atoms with E-state index in [1.165, 1.54) is 0 Å². The molecule has 0 saturated heterocycles. The molecule has 1 aliphatic heterocycles. The number of carbonyl (C=O) groups excluding carboxylic acids is 1. The molecule has 4 nitrogen and oxygen atoms in total. The molecule has 0 aliphatic carbocycles. The average molecular weight is 400 g/mol. The molecule has 5 rings (SSSR count). The van der Waals surface area contributed by atoms with E-state index in [4.69, 9.17) is 16.7 Å². The number of hydrogen-bond donors (Lipinski definition) is 1. The van der Waals surface area contributed by atoms with Gasteiger partial charge in [0.15, 0.2) is 0 Å². The molecule has 29 heavy (non-hydrogen) atoms. The fraction of sp³-hybridized carbons (Fsp3) is 0.0833. The van der Waals surface area contributed by atoms with Crippen LogP contribution in [0.3, 0.4) is 0 Å². The predicted molar refractivity (Wildman–Crippen MR) is 116 cm³/mol. The zero-order valence-electron chi connectivity index (χ0n) is 15.5. The van der Waals surface area contributed by atoms with Gasteiger partial charge in [0.2, 0.25) is 5.91 Å². The van der Waals surface area contributed by atoms with E-state index in [-0.39, 0.29) is 11.8 Å². The number of hydrogen-bond acceptors (Lipinski definition) is 2. The summed E-state index contributed by atoms with van der Waals surface area (Å²) in [6, 6.07) is 27.7. The van der Waals surface area contributed by atoms with Crippen LogP contribution in [0.4, 0.5) is 5.82 Å². The molecule has 2 heterocycles. The van der Waals surface area contributed by atoms with Gasteiger partial charge in [-0.2, -0.15) is 5.10 Å². The van der Waals surface area contributed by atoms with Gasteiger partial charge in [-0.1, -0.05) is 72.3 Å². The molecule has 142 valence electrons. The van der Waals surface area contributed by atoms with E-state index in [9.17, 15) is 4.79 Å². The van der Waals surface area contributed by atoms with Crippen LogP contribution in [-0.4, -0.2) is 15.7 Å². The summed E-state index contributed by atoms with van der Waals surface area (Å²) in [6.07, 6.45) is 0.387. The quantitative estimate of drug-likeness (QED) is 0.482. The molecular formula is C24H18ClN3O. The maximum atomic E-state index is 12.6. The number of nitrogens with zero attached hydrogens (tertiary/aromatic N) is 2. The molecule has 5 heteroatoms. The van der Waals surface area contributed by atoms with Gasteiger partial charge in [0, 0.05) is 28.5 Å². The highest BCUT2D eigenvalue weighted by atomic mass is 35.5. The SMILES string of the molecule is O=C1CC(c2ccccc2)c2c(-c3ccc(Cl)cc3)nn(-c3ccccc3)c2N1. The summed E-state index contributed by atoms with van der Waals surface area (Å²) < 4.78 is 1.83. The average Bonchev–Trinajstić information content (AvgIpc) is 3.14. The van der Waals surface area contributed by atoms with E-state index < -0.39 is 0 Å². The summed E-state index contributed by atoms with van der Waals surface area (Å²) >= 11 is 6.10. The van der Waals surface area contributed by atoms with E-state index >= 15 is 0 Å². The Morgan fingerprint density at radius 2 is 1.55 bits per heavy atom. The Kier molecular flexibility index (Phi) is 4.41. The molecule has 0 bridgehead atoms. The van der Waals surface area contributed by atoms with Crippen molar-refractivity contribution in [3.05, 3.63) is 101 Å². The van der Waals surface area contributed by atoms with Crippen LogP contribution in [0.25, 0.3) is 16.9 Å². The number of para-hydroxylation sites is 1. The third-order valence-electron chi connectivity index (χ3n) is 5.24. The number of nitrogens with one attached hydrogen (secondary N) is 1. The molecule has 1 amide bonds. The van der Waals surface area contributed by atoms with E-state index in [1.54, 1.807) is 0 Å². The first kappa shape index (κ1) is 17.7. The van der Waals surface area contributed by atoms with Crippen molar-refractivity contribution in [1.82, 2.24) is 9.78 Å². The van der Waals surface area contributed by atoms with Gasteiger partial charge in [-0.3, -0.25) is 4.79 Å². The van der Waals surface area contributed by atoms with Crippen molar-refractivity contribution in [2.45, 2.75) is 12.3 Å². The van der Waals surface area contributed by atoms with Crippen LogP contribution < -0.4 is 5.32 Å². The Balaban J connectivity index is 1.77. The minimum absolute atomic E-state index is 0.00825. The van der Waals surface area contributed by atoms with Gasteiger partial charge in [0.05, 0.1) is 11.4 Å². The Morgan fingerprint density at radius 1 is 0.897 bits per heavy atom. The van der Waals surface area contributed by atoms with Crippen molar-refractivity contribution in [1.29, 1.82) is 0 Å². The lowest BCUT2D eigenvalue weighted by atomic mass is 9.84. The lowest BCUT2D eigenvalue weighted by Gasteiger charge is -2.24. The number of rotatable bonds is 3. The second-order valence-electron chi connectivity index (χ2n) is 7.08. The number of aromatic nitrogens is 2. The van der Waals surface area contributed by atoms with Gasteiger partial charge in [-0.15, -0.1) is 0 Å². The van der Waals surface area contributed by atoms with E-state index in [1.807, 2.05) is 77.5 Å². The standard InChI is InChI=1S/C24H18ClN3O/c25-18-13-11-17(12-14-18)23-22-20(16-7-3-1-4-8-16)15-21(29)26-24(22)28(27-23)19-9-5-2-6-10-19/h1-14,20H,15H2,(H,26,29). The van der Waals surface area contributed by atoms with E-state index in [0.717, 1.165) is 33.9 Å². The molecule has 1 aliphatic rings. The first-order valence-corrected chi connectivity index (χ1v) is 9.87. The first-order chi connectivity index (χ1) is 14.2. The minimum Gasteiger partial charge on any atom is -0.310 e. The van der Waals surface area contributed by atoms with Gasteiger partial charge in [-0.05, 0) is 29.8 Å². The van der Waals surface area contributed by atoms with Crippen LogP contribution in [0.5, 0.6) is 0 Å². The molecule has 1 N–H and O–H groups in total. The van der Waals surface area contributed by atoms with Crippen molar-refractivity contribution >= 4 is 23.3 Å². The van der Waals surface area contributed by atoms with Crippen molar-refractivity contribution in [2.75, 3.05) is 5.32 Å². The van der Waals surface area contributed by atoms with Crippen LogP contribution in [0.15, 0.2) is 84.9 Å². The highest BCUT2D eigenvalue weighted by Gasteiger charge is 2.34.